The topological polar surface area (TPSA) is 98.2 Å². The lowest BCUT2D eigenvalue weighted by atomic mass is 10.1. The molecule has 1 aromatic carbocycles. The smallest absolute Gasteiger partial charge is 0.326 e. The van der Waals surface area contributed by atoms with Crippen molar-refractivity contribution in [2.24, 2.45) is 0 Å². The zero-order valence-corrected chi connectivity index (χ0v) is 11.5. The molecule has 1 heterocycles. The van der Waals surface area contributed by atoms with Crippen molar-refractivity contribution in [1.82, 2.24) is 4.90 Å². The van der Waals surface area contributed by atoms with Crippen LogP contribution in [-0.4, -0.2) is 52.0 Å². The number of benzene rings is 1. The zero-order valence-electron chi connectivity index (χ0n) is 11.5. The molecule has 2 N–H and O–H groups in total. The predicted octanol–water partition coefficient (Wildman–Crippen LogP) is 0.431. The SMILES string of the molecule is CCC(C(=O)O)N1C(=O)CN(c2ccc(O)cc2)CC1=O. The maximum absolute atomic E-state index is 12.1. The zero-order chi connectivity index (χ0) is 15.6. The fourth-order valence-corrected chi connectivity index (χ4v) is 2.34. The van der Waals surface area contributed by atoms with Gasteiger partial charge in [0.2, 0.25) is 11.8 Å². The Morgan fingerprint density at radius 1 is 1.19 bits per heavy atom. The van der Waals surface area contributed by atoms with Crippen molar-refractivity contribution >= 4 is 23.5 Å². The van der Waals surface area contributed by atoms with E-state index in [4.69, 9.17) is 5.11 Å². The Bertz CT molecular complexity index is 551. The summed E-state index contributed by atoms with van der Waals surface area (Å²) in [5.41, 5.74) is 0.623. The third-order valence-electron chi connectivity index (χ3n) is 3.39. The third kappa shape index (κ3) is 2.96. The van der Waals surface area contributed by atoms with Crippen LogP contribution in [-0.2, 0) is 14.4 Å². The number of anilines is 1. The monoisotopic (exact) mass is 292 g/mol. The van der Waals surface area contributed by atoms with Crippen LogP contribution in [0.25, 0.3) is 0 Å². The van der Waals surface area contributed by atoms with Crippen LogP contribution in [0.4, 0.5) is 5.69 Å². The highest BCUT2D eigenvalue weighted by Crippen LogP contribution is 2.21. The van der Waals surface area contributed by atoms with E-state index in [1.807, 2.05) is 0 Å². The molecule has 2 amide bonds. The van der Waals surface area contributed by atoms with Gasteiger partial charge in [0.1, 0.15) is 11.8 Å². The number of aromatic hydroxyl groups is 1. The molecule has 0 radical (unpaired) electrons. The van der Waals surface area contributed by atoms with Gasteiger partial charge in [-0.15, -0.1) is 0 Å². The van der Waals surface area contributed by atoms with Gasteiger partial charge < -0.3 is 15.1 Å². The van der Waals surface area contributed by atoms with Gasteiger partial charge in [0.15, 0.2) is 0 Å². The third-order valence-corrected chi connectivity index (χ3v) is 3.39. The Balaban J connectivity index is 2.19. The minimum atomic E-state index is -1.18. The molecule has 7 heteroatoms. The molecule has 21 heavy (non-hydrogen) atoms. The van der Waals surface area contributed by atoms with E-state index in [1.54, 1.807) is 24.0 Å². The van der Waals surface area contributed by atoms with Crippen molar-refractivity contribution in [3.8, 4) is 5.75 Å². The summed E-state index contributed by atoms with van der Waals surface area (Å²) in [6.45, 7) is 1.48. The number of carboxylic acid groups (broad SMARTS) is 1. The van der Waals surface area contributed by atoms with Crippen molar-refractivity contribution in [1.29, 1.82) is 0 Å². The highest BCUT2D eigenvalue weighted by Gasteiger charge is 2.38. The Labute approximate surface area is 121 Å². The Hall–Kier alpha value is -2.57. The minimum Gasteiger partial charge on any atom is -0.508 e. The van der Waals surface area contributed by atoms with Crippen LogP contribution >= 0.6 is 0 Å². The summed E-state index contributed by atoms with van der Waals surface area (Å²) in [6.07, 6.45) is 0.173. The van der Waals surface area contributed by atoms with Crippen molar-refractivity contribution in [3.63, 3.8) is 0 Å². The molecule has 1 atom stereocenters. The minimum absolute atomic E-state index is 0.0692. The normalized spacial score (nSPS) is 17.0. The average Bonchev–Trinajstić information content (AvgIpc) is 2.42. The van der Waals surface area contributed by atoms with Gasteiger partial charge in [-0.1, -0.05) is 6.92 Å². The van der Waals surface area contributed by atoms with Crippen LogP contribution in [0.15, 0.2) is 24.3 Å². The maximum atomic E-state index is 12.1. The number of carbonyl (C=O) groups is 3. The molecule has 112 valence electrons. The van der Waals surface area contributed by atoms with Crippen LogP contribution in [0, 0.1) is 0 Å². The van der Waals surface area contributed by atoms with Gasteiger partial charge in [0.25, 0.3) is 0 Å². The summed E-state index contributed by atoms with van der Waals surface area (Å²) < 4.78 is 0. The van der Waals surface area contributed by atoms with Crippen LogP contribution in [0.2, 0.25) is 0 Å². The standard InChI is InChI=1S/C14H16N2O5/c1-2-11(14(20)21)16-12(18)7-15(8-13(16)19)9-3-5-10(17)6-4-9/h3-6,11,17H,2,7-8H2,1H3,(H,20,21). The highest BCUT2D eigenvalue weighted by atomic mass is 16.4. The van der Waals surface area contributed by atoms with Gasteiger partial charge in [-0.25, -0.2) is 4.79 Å². The number of rotatable bonds is 4. The van der Waals surface area contributed by atoms with Crippen LogP contribution in [0.1, 0.15) is 13.3 Å². The quantitative estimate of drug-likeness (QED) is 0.781. The average molecular weight is 292 g/mol. The van der Waals surface area contributed by atoms with E-state index in [2.05, 4.69) is 0 Å². The van der Waals surface area contributed by atoms with E-state index < -0.39 is 23.8 Å². The molecule has 7 nitrogen and oxygen atoms in total. The summed E-state index contributed by atoms with van der Waals surface area (Å²) in [7, 11) is 0. The van der Waals surface area contributed by atoms with E-state index >= 15 is 0 Å². The van der Waals surface area contributed by atoms with E-state index in [0.717, 1.165) is 4.90 Å². The van der Waals surface area contributed by atoms with Gasteiger partial charge in [0, 0.05) is 5.69 Å². The first-order valence-electron chi connectivity index (χ1n) is 6.55. The van der Waals surface area contributed by atoms with Crippen molar-refractivity contribution in [2.75, 3.05) is 18.0 Å². The number of carboxylic acids is 1. The highest BCUT2D eigenvalue weighted by molar-refractivity contribution is 6.05. The lowest BCUT2D eigenvalue weighted by molar-refractivity contribution is -0.158. The van der Waals surface area contributed by atoms with Crippen LogP contribution in [0.5, 0.6) is 5.75 Å². The molecule has 0 saturated carbocycles. The number of piperazine rings is 1. The number of imide groups is 1. The molecule has 0 aliphatic carbocycles. The Kier molecular flexibility index (Phi) is 4.11. The molecular weight excluding hydrogens is 276 g/mol. The number of amides is 2. The van der Waals surface area contributed by atoms with Crippen LogP contribution in [0.3, 0.4) is 0 Å². The van der Waals surface area contributed by atoms with Gasteiger partial charge in [-0.05, 0) is 30.7 Å². The first-order valence-corrected chi connectivity index (χ1v) is 6.55. The number of hydrogen-bond acceptors (Lipinski definition) is 5. The second-order valence-corrected chi connectivity index (χ2v) is 4.79. The molecule has 0 bridgehead atoms. The molecule has 0 aromatic heterocycles. The number of aliphatic carboxylic acids is 1. The summed E-state index contributed by atoms with van der Waals surface area (Å²) in [4.78, 5) is 37.7. The number of phenolic OH excluding ortho intramolecular Hbond substituents is 1. The number of carbonyl (C=O) groups excluding carboxylic acids is 2. The lowest BCUT2D eigenvalue weighted by Crippen LogP contribution is -2.59. The maximum Gasteiger partial charge on any atom is 0.326 e. The summed E-state index contributed by atoms with van der Waals surface area (Å²) in [5, 5.41) is 18.3. The number of nitrogens with zero attached hydrogens (tertiary/aromatic N) is 2. The van der Waals surface area contributed by atoms with E-state index in [1.165, 1.54) is 12.1 Å². The predicted molar refractivity (Wildman–Crippen MR) is 73.9 cm³/mol. The first kappa shape index (κ1) is 14.8. The van der Waals surface area contributed by atoms with Gasteiger partial charge in [-0.2, -0.15) is 0 Å². The van der Waals surface area contributed by atoms with Gasteiger partial charge in [0.05, 0.1) is 13.1 Å². The molecular formula is C14H16N2O5. The fraction of sp³-hybridized carbons (Fsp3) is 0.357. The van der Waals surface area contributed by atoms with Crippen LogP contribution < -0.4 is 4.90 Å². The second-order valence-electron chi connectivity index (χ2n) is 4.79. The summed E-state index contributed by atoms with van der Waals surface area (Å²) in [5.74, 6) is -2.16. The molecule has 2 rings (SSSR count). The molecule has 1 saturated heterocycles. The van der Waals surface area contributed by atoms with Crippen molar-refractivity contribution in [3.05, 3.63) is 24.3 Å². The van der Waals surface area contributed by atoms with Crippen molar-refractivity contribution < 1.29 is 24.6 Å². The molecule has 1 aromatic rings. The fourth-order valence-electron chi connectivity index (χ4n) is 2.34. The Morgan fingerprint density at radius 3 is 2.14 bits per heavy atom. The van der Waals surface area contributed by atoms with E-state index in [0.29, 0.717) is 5.69 Å². The lowest BCUT2D eigenvalue weighted by Gasteiger charge is -2.36. The number of hydrogen-bond donors (Lipinski definition) is 2. The number of phenols is 1. The molecule has 1 unspecified atom stereocenters. The molecule has 1 aliphatic heterocycles. The van der Waals surface area contributed by atoms with E-state index in [-0.39, 0.29) is 25.3 Å². The first-order chi connectivity index (χ1) is 9.93. The Morgan fingerprint density at radius 2 is 1.71 bits per heavy atom. The van der Waals surface area contributed by atoms with Crippen molar-refractivity contribution in [2.45, 2.75) is 19.4 Å². The molecule has 1 fully saturated rings. The molecule has 1 aliphatic rings. The van der Waals surface area contributed by atoms with Gasteiger partial charge >= 0.3 is 5.97 Å². The second kappa shape index (κ2) is 5.82. The summed E-state index contributed by atoms with van der Waals surface area (Å²) in [6, 6.07) is 5.00. The van der Waals surface area contributed by atoms with E-state index in [9.17, 15) is 19.5 Å². The molecule has 0 spiro atoms. The summed E-state index contributed by atoms with van der Waals surface area (Å²) >= 11 is 0. The largest absolute Gasteiger partial charge is 0.508 e. The van der Waals surface area contributed by atoms with Gasteiger partial charge in [-0.3, -0.25) is 14.5 Å².